The van der Waals surface area contributed by atoms with Crippen LogP contribution in [-0.2, 0) is 4.74 Å². The highest BCUT2D eigenvalue weighted by Crippen LogP contribution is 2.29. The Bertz CT molecular complexity index is 259. The van der Waals surface area contributed by atoms with Crippen LogP contribution in [0.1, 0.15) is 33.6 Å². The second kappa shape index (κ2) is 5.23. The molecular weight excluding hydrogens is 218 g/mol. The highest BCUT2D eigenvalue weighted by Gasteiger charge is 2.34. The molecular formula is C12H25N3O2. The molecule has 1 aliphatic rings. The summed E-state index contributed by atoms with van der Waals surface area (Å²) in [5.41, 5.74) is 11.1. The molecule has 1 rings (SSSR count). The third-order valence-corrected chi connectivity index (χ3v) is 3.34. The van der Waals surface area contributed by atoms with Crippen LogP contribution in [0.3, 0.4) is 0 Å². The van der Waals surface area contributed by atoms with Gasteiger partial charge in [-0.05, 0) is 52.1 Å². The predicted octanol–water partition coefficient (Wildman–Crippen LogP) is 0.921. The molecule has 0 aromatic carbocycles. The number of piperidine rings is 1. The summed E-state index contributed by atoms with van der Waals surface area (Å²) in [4.78, 5) is 13.6. The van der Waals surface area contributed by atoms with Crippen molar-refractivity contribution < 1.29 is 9.53 Å². The molecule has 1 fully saturated rings. The van der Waals surface area contributed by atoms with Gasteiger partial charge in [-0.2, -0.15) is 0 Å². The molecule has 1 saturated heterocycles. The molecule has 0 atom stereocenters. The van der Waals surface area contributed by atoms with Gasteiger partial charge in [-0.25, -0.2) is 4.79 Å². The van der Waals surface area contributed by atoms with Gasteiger partial charge < -0.3 is 21.1 Å². The van der Waals surface area contributed by atoms with Crippen LogP contribution in [0.25, 0.3) is 0 Å². The Balaban J connectivity index is 2.49. The van der Waals surface area contributed by atoms with Gasteiger partial charge in [0.2, 0.25) is 0 Å². The molecule has 0 spiro atoms. The molecule has 0 radical (unpaired) electrons. The van der Waals surface area contributed by atoms with Crippen molar-refractivity contribution in [3.8, 4) is 0 Å². The molecule has 0 aromatic heterocycles. The van der Waals surface area contributed by atoms with Crippen LogP contribution in [-0.4, -0.2) is 42.8 Å². The molecule has 1 amide bonds. The van der Waals surface area contributed by atoms with E-state index in [1.165, 1.54) is 0 Å². The molecule has 0 unspecified atom stereocenters. The number of amides is 1. The molecule has 0 bridgehead atoms. The number of carbonyl (C=O) groups excluding carboxylic acids is 1. The lowest BCUT2D eigenvalue weighted by Gasteiger charge is -2.40. The number of likely N-dealkylation sites (tertiary alicyclic amines) is 1. The van der Waals surface area contributed by atoms with Crippen molar-refractivity contribution in [2.45, 2.75) is 39.2 Å². The number of carbonyl (C=O) groups is 1. The third kappa shape index (κ3) is 3.85. The van der Waals surface area contributed by atoms with E-state index in [1.54, 1.807) is 4.90 Å². The minimum atomic E-state index is -0.437. The predicted molar refractivity (Wildman–Crippen MR) is 67.6 cm³/mol. The Labute approximate surface area is 103 Å². The van der Waals surface area contributed by atoms with Gasteiger partial charge >= 0.3 is 6.09 Å². The molecule has 0 aliphatic carbocycles. The summed E-state index contributed by atoms with van der Waals surface area (Å²) in [6.45, 7) is 8.17. The highest BCUT2D eigenvalue weighted by molar-refractivity contribution is 5.68. The summed E-state index contributed by atoms with van der Waals surface area (Å²) < 4.78 is 5.34. The van der Waals surface area contributed by atoms with Crippen molar-refractivity contribution in [2.75, 3.05) is 26.2 Å². The van der Waals surface area contributed by atoms with Gasteiger partial charge in [-0.15, -0.1) is 0 Å². The van der Waals surface area contributed by atoms with E-state index in [0.717, 1.165) is 12.8 Å². The standard InChI is InChI=1S/C12H25N3O2/c1-11(2,3)17-10(16)15-6-4-12(8-13,9-14)5-7-15/h4-9,13-14H2,1-3H3. The summed E-state index contributed by atoms with van der Waals surface area (Å²) in [7, 11) is 0. The van der Waals surface area contributed by atoms with Crippen molar-refractivity contribution in [3.05, 3.63) is 0 Å². The fraction of sp³-hybridized carbons (Fsp3) is 0.917. The van der Waals surface area contributed by atoms with Crippen LogP contribution in [0.15, 0.2) is 0 Å². The van der Waals surface area contributed by atoms with Gasteiger partial charge in [-0.1, -0.05) is 0 Å². The summed E-state index contributed by atoms with van der Waals surface area (Å²) in [5.74, 6) is 0. The van der Waals surface area contributed by atoms with Crippen molar-refractivity contribution in [2.24, 2.45) is 16.9 Å². The number of rotatable bonds is 2. The van der Waals surface area contributed by atoms with Crippen LogP contribution in [0.4, 0.5) is 4.79 Å². The van der Waals surface area contributed by atoms with Gasteiger partial charge in [0, 0.05) is 13.1 Å². The first-order valence-electron chi connectivity index (χ1n) is 6.20. The molecule has 0 aromatic rings. The smallest absolute Gasteiger partial charge is 0.410 e. The number of nitrogens with zero attached hydrogens (tertiary/aromatic N) is 1. The monoisotopic (exact) mass is 243 g/mol. The van der Waals surface area contributed by atoms with Crippen LogP contribution in [0.5, 0.6) is 0 Å². The maximum atomic E-state index is 11.8. The fourth-order valence-electron chi connectivity index (χ4n) is 1.98. The van der Waals surface area contributed by atoms with Crippen molar-refractivity contribution in [3.63, 3.8) is 0 Å². The van der Waals surface area contributed by atoms with Crippen LogP contribution >= 0.6 is 0 Å². The molecule has 1 heterocycles. The lowest BCUT2D eigenvalue weighted by Crippen LogP contribution is -2.50. The summed E-state index contributed by atoms with van der Waals surface area (Å²) in [6.07, 6.45) is 1.48. The maximum Gasteiger partial charge on any atom is 0.410 e. The van der Waals surface area contributed by atoms with E-state index < -0.39 is 5.60 Å². The van der Waals surface area contributed by atoms with Crippen molar-refractivity contribution in [1.82, 2.24) is 4.90 Å². The zero-order chi connectivity index (χ0) is 13.1. The summed E-state index contributed by atoms with van der Waals surface area (Å²) >= 11 is 0. The average Bonchev–Trinajstić information content (AvgIpc) is 2.27. The van der Waals surface area contributed by atoms with Gasteiger partial charge in [0.1, 0.15) is 5.60 Å². The minimum Gasteiger partial charge on any atom is -0.444 e. The fourth-order valence-corrected chi connectivity index (χ4v) is 1.98. The molecule has 4 N–H and O–H groups in total. The van der Waals surface area contributed by atoms with Gasteiger partial charge in [0.25, 0.3) is 0 Å². The van der Waals surface area contributed by atoms with Crippen LogP contribution in [0, 0.1) is 5.41 Å². The van der Waals surface area contributed by atoms with E-state index in [4.69, 9.17) is 16.2 Å². The van der Waals surface area contributed by atoms with Crippen molar-refractivity contribution in [1.29, 1.82) is 0 Å². The lowest BCUT2D eigenvalue weighted by atomic mass is 9.78. The summed E-state index contributed by atoms with van der Waals surface area (Å²) in [6, 6.07) is 0. The largest absolute Gasteiger partial charge is 0.444 e. The Morgan fingerprint density at radius 3 is 2.06 bits per heavy atom. The zero-order valence-electron chi connectivity index (χ0n) is 11.2. The topological polar surface area (TPSA) is 81.6 Å². The maximum absolute atomic E-state index is 11.8. The quantitative estimate of drug-likeness (QED) is 0.755. The summed E-state index contributed by atoms with van der Waals surface area (Å²) in [5, 5.41) is 0. The molecule has 100 valence electrons. The number of hydrogen-bond acceptors (Lipinski definition) is 4. The SMILES string of the molecule is CC(C)(C)OC(=O)N1CCC(CN)(CN)CC1. The van der Waals surface area contributed by atoms with Gasteiger partial charge in [-0.3, -0.25) is 0 Å². The van der Waals surface area contributed by atoms with E-state index in [2.05, 4.69) is 0 Å². The number of ether oxygens (including phenoxy) is 1. The van der Waals surface area contributed by atoms with Crippen LogP contribution < -0.4 is 11.5 Å². The Morgan fingerprint density at radius 1 is 1.24 bits per heavy atom. The van der Waals surface area contributed by atoms with Crippen molar-refractivity contribution >= 4 is 6.09 Å². The Morgan fingerprint density at radius 2 is 1.71 bits per heavy atom. The average molecular weight is 243 g/mol. The van der Waals surface area contributed by atoms with Gasteiger partial charge in [0.15, 0.2) is 0 Å². The van der Waals surface area contributed by atoms with E-state index in [0.29, 0.717) is 26.2 Å². The number of hydrogen-bond donors (Lipinski definition) is 2. The number of nitrogens with two attached hydrogens (primary N) is 2. The molecule has 1 aliphatic heterocycles. The van der Waals surface area contributed by atoms with E-state index in [1.807, 2.05) is 20.8 Å². The highest BCUT2D eigenvalue weighted by atomic mass is 16.6. The lowest BCUT2D eigenvalue weighted by molar-refractivity contribution is 0.0117. The normalized spacial score (nSPS) is 20.2. The van der Waals surface area contributed by atoms with E-state index >= 15 is 0 Å². The first kappa shape index (κ1) is 14.3. The third-order valence-electron chi connectivity index (χ3n) is 3.34. The van der Waals surface area contributed by atoms with E-state index in [9.17, 15) is 4.79 Å². The minimum absolute atomic E-state index is 0.0124. The van der Waals surface area contributed by atoms with Gasteiger partial charge in [0.05, 0.1) is 0 Å². The Hall–Kier alpha value is -0.810. The molecule has 5 heteroatoms. The molecule has 17 heavy (non-hydrogen) atoms. The molecule has 0 saturated carbocycles. The zero-order valence-corrected chi connectivity index (χ0v) is 11.2. The first-order chi connectivity index (χ1) is 7.82. The van der Waals surface area contributed by atoms with Crippen LogP contribution in [0.2, 0.25) is 0 Å². The molecule has 5 nitrogen and oxygen atoms in total. The van der Waals surface area contributed by atoms with E-state index in [-0.39, 0.29) is 11.5 Å². The Kier molecular flexibility index (Phi) is 4.38. The first-order valence-corrected chi connectivity index (χ1v) is 6.20. The second-order valence-corrected chi connectivity index (χ2v) is 5.88. The second-order valence-electron chi connectivity index (χ2n) is 5.88.